The van der Waals surface area contributed by atoms with Crippen molar-refractivity contribution in [2.24, 2.45) is 11.7 Å². The van der Waals surface area contributed by atoms with Gasteiger partial charge in [-0.2, -0.15) is 0 Å². The maximum Gasteiger partial charge on any atom is 0.220 e. The van der Waals surface area contributed by atoms with Crippen LogP contribution in [0.4, 0.5) is 0 Å². The summed E-state index contributed by atoms with van der Waals surface area (Å²) in [5.74, 6) is 0.489. The number of nitrogens with zero attached hydrogens (tertiary/aromatic N) is 1. The lowest BCUT2D eigenvalue weighted by atomic mass is 9.83. The molecule has 0 radical (unpaired) electrons. The molecule has 2 fully saturated rings. The molecule has 0 aromatic heterocycles. The number of ether oxygens (including phenoxy) is 1. The van der Waals surface area contributed by atoms with Gasteiger partial charge in [0.1, 0.15) is 0 Å². The normalized spacial score (nSPS) is 31.4. The number of halogens is 1. The molecule has 1 heterocycles. The summed E-state index contributed by atoms with van der Waals surface area (Å²) < 4.78 is 5.63. The molecule has 1 saturated heterocycles. The minimum Gasteiger partial charge on any atom is -0.374 e. The van der Waals surface area contributed by atoms with Crippen molar-refractivity contribution in [3.63, 3.8) is 0 Å². The number of amides is 1. The van der Waals surface area contributed by atoms with Crippen molar-refractivity contribution in [1.82, 2.24) is 10.2 Å². The van der Waals surface area contributed by atoms with E-state index in [-0.39, 0.29) is 30.5 Å². The Kier molecular flexibility index (Phi) is 7.80. The number of nitrogens with two attached hydrogens (primary N) is 1. The Morgan fingerprint density at radius 3 is 2.85 bits per heavy atom. The highest BCUT2D eigenvalue weighted by molar-refractivity contribution is 5.85. The molecule has 1 aliphatic heterocycles. The van der Waals surface area contributed by atoms with Gasteiger partial charge < -0.3 is 20.7 Å². The Morgan fingerprint density at radius 2 is 2.15 bits per heavy atom. The smallest absolute Gasteiger partial charge is 0.220 e. The number of hydrogen-bond acceptors (Lipinski definition) is 4. The summed E-state index contributed by atoms with van der Waals surface area (Å²) in [7, 11) is 2.08. The summed E-state index contributed by atoms with van der Waals surface area (Å²) in [6.07, 6.45) is 5.28. The number of likely N-dealkylation sites (N-methyl/N-ethyl adjacent to an activating group) is 1. The molecule has 2 rings (SSSR count). The lowest BCUT2D eigenvalue weighted by Gasteiger charge is -2.31. The van der Waals surface area contributed by atoms with E-state index in [0.717, 1.165) is 32.5 Å². The second-order valence-corrected chi connectivity index (χ2v) is 5.97. The van der Waals surface area contributed by atoms with E-state index in [9.17, 15) is 4.79 Å². The minimum absolute atomic E-state index is 0. The number of rotatable bonds is 4. The molecule has 20 heavy (non-hydrogen) atoms. The molecule has 1 aliphatic carbocycles. The van der Waals surface area contributed by atoms with E-state index < -0.39 is 0 Å². The first-order chi connectivity index (χ1) is 9.15. The second-order valence-electron chi connectivity index (χ2n) is 5.97. The number of carbonyl (C=O) groups is 1. The van der Waals surface area contributed by atoms with Crippen molar-refractivity contribution < 1.29 is 9.53 Å². The molecular formula is C14H28ClN3O2. The first-order valence-corrected chi connectivity index (χ1v) is 7.47. The first kappa shape index (κ1) is 17.7. The maximum atomic E-state index is 11.9. The Morgan fingerprint density at radius 1 is 1.40 bits per heavy atom. The standard InChI is InChI=1S/C14H27N3O2.ClH/c1-17-6-7-19-12(10-17)9-16-14(18)8-11-4-2-3-5-13(11)15;/h11-13H,2-10,15H2,1H3,(H,16,18);1H. The molecule has 3 N–H and O–H groups in total. The highest BCUT2D eigenvalue weighted by Crippen LogP contribution is 2.25. The molecular weight excluding hydrogens is 278 g/mol. The van der Waals surface area contributed by atoms with Crippen LogP contribution in [-0.2, 0) is 9.53 Å². The summed E-state index contributed by atoms with van der Waals surface area (Å²) in [5.41, 5.74) is 6.07. The molecule has 3 unspecified atom stereocenters. The van der Waals surface area contributed by atoms with E-state index in [2.05, 4.69) is 17.3 Å². The molecule has 0 aromatic carbocycles. The zero-order valence-corrected chi connectivity index (χ0v) is 13.2. The average Bonchev–Trinajstić information content (AvgIpc) is 2.39. The lowest BCUT2D eigenvalue weighted by molar-refractivity contribution is -0.123. The summed E-state index contributed by atoms with van der Waals surface area (Å²) in [5, 5.41) is 2.99. The molecule has 6 heteroatoms. The third-order valence-electron chi connectivity index (χ3n) is 4.28. The molecule has 0 spiro atoms. The van der Waals surface area contributed by atoms with Crippen LogP contribution in [0.15, 0.2) is 0 Å². The van der Waals surface area contributed by atoms with Crippen LogP contribution in [0.3, 0.4) is 0 Å². The van der Waals surface area contributed by atoms with Crippen LogP contribution in [0.5, 0.6) is 0 Å². The van der Waals surface area contributed by atoms with Crippen LogP contribution in [0, 0.1) is 5.92 Å². The lowest BCUT2D eigenvalue weighted by Crippen LogP contribution is -2.46. The van der Waals surface area contributed by atoms with Crippen LogP contribution in [0.2, 0.25) is 0 Å². The maximum absolute atomic E-state index is 11.9. The van der Waals surface area contributed by atoms with Gasteiger partial charge in [-0.25, -0.2) is 0 Å². The van der Waals surface area contributed by atoms with E-state index >= 15 is 0 Å². The predicted molar refractivity (Wildman–Crippen MR) is 82.0 cm³/mol. The van der Waals surface area contributed by atoms with Gasteiger partial charge >= 0.3 is 0 Å². The number of nitrogens with one attached hydrogen (secondary N) is 1. The van der Waals surface area contributed by atoms with Crippen molar-refractivity contribution >= 4 is 18.3 Å². The molecule has 0 aromatic rings. The Bertz CT molecular complexity index is 304. The summed E-state index contributed by atoms with van der Waals surface area (Å²) in [6.45, 7) is 3.24. The van der Waals surface area contributed by atoms with Gasteiger partial charge in [0.2, 0.25) is 5.91 Å². The summed E-state index contributed by atoms with van der Waals surface area (Å²) >= 11 is 0. The highest BCUT2D eigenvalue weighted by Gasteiger charge is 2.25. The van der Waals surface area contributed by atoms with E-state index in [1.807, 2.05) is 0 Å². The van der Waals surface area contributed by atoms with Gasteiger partial charge in [-0.15, -0.1) is 12.4 Å². The van der Waals surface area contributed by atoms with Crippen molar-refractivity contribution in [3.8, 4) is 0 Å². The van der Waals surface area contributed by atoms with Crippen LogP contribution < -0.4 is 11.1 Å². The van der Waals surface area contributed by atoms with Crippen molar-refractivity contribution in [2.45, 2.75) is 44.2 Å². The van der Waals surface area contributed by atoms with Gasteiger partial charge in [0.25, 0.3) is 0 Å². The number of carbonyl (C=O) groups excluding carboxylic acids is 1. The SMILES string of the molecule is CN1CCOC(CNC(=O)CC2CCCCC2N)C1.Cl. The Balaban J connectivity index is 0.00000200. The fourth-order valence-corrected chi connectivity index (χ4v) is 3.02. The summed E-state index contributed by atoms with van der Waals surface area (Å²) in [6, 6.07) is 0.205. The van der Waals surface area contributed by atoms with Crippen molar-refractivity contribution in [3.05, 3.63) is 0 Å². The molecule has 2 aliphatic rings. The zero-order chi connectivity index (χ0) is 13.7. The quantitative estimate of drug-likeness (QED) is 0.805. The van der Waals surface area contributed by atoms with Gasteiger partial charge in [0.15, 0.2) is 0 Å². The summed E-state index contributed by atoms with van der Waals surface area (Å²) in [4.78, 5) is 14.2. The third-order valence-corrected chi connectivity index (χ3v) is 4.28. The monoisotopic (exact) mass is 305 g/mol. The first-order valence-electron chi connectivity index (χ1n) is 7.47. The molecule has 0 bridgehead atoms. The molecule has 5 nitrogen and oxygen atoms in total. The van der Waals surface area contributed by atoms with E-state index in [4.69, 9.17) is 10.5 Å². The zero-order valence-electron chi connectivity index (χ0n) is 12.3. The Labute approximate surface area is 128 Å². The van der Waals surface area contributed by atoms with Gasteiger partial charge in [-0.3, -0.25) is 4.79 Å². The van der Waals surface area contributed by atoms with Crippen LogP contribution in [-0.4, -0.2) is 56.2 Å². The predicted octanol–water partition coefficient (Wildman–Crippen LogP) is 0.763. The fraction of sp³-hybridized carbons (Fsp3) is 0.929. The van der Waals surface area contributed by atoms with E-state index in [1.165, 1.54) is 12.8 Å². The van der Waals surface area contributed by atoms with Crippen molar-refractivity contribution in [1.29, 1.82) is 0 Å². The molecule has 3 atom stereocenters. The van der Waals surface area contributed by atoms with E-state index in [0.29, 0.717) is 18.9 Å². The minimum atomic E-state index is 0. The van der Waals surface area contributed by atoms with Crippen LogP contribution >= 0.6 is 12.4 Å². The van der Waals surface area contributed by atoms with Crippen LogP contribution in [0.1, 0.15) is 32.1 Å². The number of hydrogen-bond donors (Lipinski definition) is 2. The largest absolute Gasteiger partial charge is 0.374 e. The molecule has 1 amide bonds. The van der Waals surface area contributed by atoms with Crippen LogP contribution in [0.25, 0.3) is 0 Å². The van der Waals surface area contributed by atoms with Gasteiger partial charge in [-0.05, 0) is 25.8 Å². The number of morpholine rings is 1. The van der Waals surface area contributed by atoms with Gasteiger partial charge in [0, 0.05) is 32.1 Å². The van der Waals surface area contributed by atoms with E-state index in [1.54, 1.807) is 0 Å². The van der Waals surface area contributed by atoms with Gasteiger partial charge in [0.05, 0.1) is 12.7 Å². The van der Waals surface area contributed by atoms with Gasteiger partial charge in [-0.1, -0.05) is 12.8 Å². The second kappa shape index (κ2) is 8.82. The molecule has 1 saturated carbocycles. The fourth-order valence-electron chi connectivity index (χ4n) is 3.02. The average molecular weight is 306 g/mol. The highest BCUT2D eigenvalue weighted by atomic mass is 35.5. The topological polar surface area (TPSA) is 67.6 Å². The Hall–Kier alpha value is -0.360. The molecule has 118 valence electrons. The van der Waals surface area contributed by atoms with Crippen molar-refractivity contribution in [2.75, 3.05) is 33.3 Å². The third kappa shape index (κ3) is 5.56.